The van der Waals surface area contributed by atoms with E-state index in [0.29, 0.717) is 11.9 Å². The number of hydrogen-bond donors (Lipinski definition) is 1. The van der Waals surface area contributed by atoms with E-state index in [2.05, 4.69) is 4.98 Å². The average Bonchev–Trinajstić information content (AvgIpc) is 2.55. The summed E-state index contributed by atoms with van der Waals surface area (Å²) in [7, 11) is 0. The summed E-state index contributed by atoms with van der Waals surface area (Å²) in [6.45, 7) is 1.86. The molecule has 0 aliphatic heterocycles. The van der Waals surface area contributed by atoms with Gasteiger partial charge >= 0.3 is 5.97 Å². The van der Waals surface area contributed by atoms with Crippen LogP contribution in [-0.4, -0.2) is 26.7 Å². The summed E-state index contributed by atoms with van der Waals surface area (Å²) >= 11 is 0. The second-order valence-corrected chi connectivity index (χ2v) is 3.20. The van der Waals surface area contributed by atoms with Crippen molar-refractivity contribution in [2.24, 2.45) is 0 Å². The molecule has 5 nitrogen and oxygen atoms in total. The molecule has 0 aliphatic carbocycles. The molecule has 0 fully saturated rings. The summed E-state index contributed by atoms with van der Waals surface area (Å²) < 4.78 is 1.48. The zero-order valence-corrected chi connectivity index (χ0v) is 7.97. The first-order chi connectivity index (χ1) is 7.13. The molecule has 2 rings (SSSR count). The number of carboxylic acids is 1. The molecule has 0 saturated heterocycles. The fourth-order valence-corrected chi connectivity index (χ4v) is 1.44. The number of carbonyl (C=O) groups is 2. The normalized spacial score (nSPS) is 10.5. The third kappa shape index (κ3) is 1.38. The average molecular weight is 204 g/mol. The van der Waals surface area contributed by atoms with Crippen molar-refractivity contribution in [2.75, 3.05) is 0 Å². The molecule has 1 N–H and O–H groups in total. The van der Waals surface area contributed by atoms with Crippen LogP contribution < -0.4 is 0 Å². The highest BCUT2D eigenvalue weighted by molar-refractivity contribution is 5.95. The lowest BCUT2D eigenvalue weighted by Crippen LogP contribution is -2.02. The molecule has 15 heavy (non-hydrogen) atoms. The van der Waals surface area contributed by atoms with Gasteiger partial charge in [0, 0.05) is 6.20 Å². The van der Waals surface area contributed by atoms with E-state index in [1.807, 2.05) is 13.0 Å². The van der Waals surface area contributed by atoms with E-state index in [-0.39, 0.29) is 11.4 Å². The summed E-state index contributed by atoms with van der Waals surface area (Å²) in [5.74, 6) is -1.20. The Labute approximate surface area is 85.0 Å². The Kier molecular flexibility index (Phi) is 2.00. The van der Waals surface area contributed by atoms with Crippen LogP contribution >= 0.6 is 0 Å². The highest BCUT2D eigenvalue weighted by Gasteiger charge is 2.17. The maximum absolute atomic E-state index is 10.8. The number of aldehydes is 1. The predicted octanol–water partition coefficient (Wildman–Crippen LogP) is 1.15. The van der Waals surface area contributed by atoms with Crippen LogP contribution in [0.4, 0.5) is 0 Å². The predicted molar refractivity (Wildman–Crippen MR) is 52.3 cm³/mol. The van der Waals surface area contributed by atoms with E-state index >= 15 is 0 Å². The van der Waals surface area contributed by atoms with Crippen molar-refractivity contribution in [1.29, 1.82) is 0 Å². The second-order valence-electron chi connectivity index (χ2n) is 3.20. The van der Waals surface area contributed by atoms with Crippen molar-refractivity contribution in [1.82, 2.24) is 9.38 Å². The molecule has 0 amide bonds. The fraction of sp³-hybridized carbons (Fsp3) is 0.100. The molecular weight excluding hydrogens is 196 g/mol. The van der Waals surface area contributed by atoms with Gasteiger partial charge in [0.25, 0.3) is 0 Å². The van der Waals surface area contributed by atoms with E-state index in [1.165, 1.54) is 4.40 Å². The maximum atomic E-state index is 10.8. The Bertz CT molecular complexity index is 557. The van der Waals surface area contributed by atoms with E-state index in [9.17, 15) is 9.59 Å². The van der Waals surface area contributed by atoms with Crippen LogP contribution in [0.1, 0.15) is 26.5 Å². The van der Waals surface area contributed by atoms with Crippen LogP contribution in [0.3, 0.4) is 0 Å². The van der Waals surface area contributed by atoms with Gasteiger partial charge in [0.1, 0.15) is 11.3 Å². The van der Waals surface area contributed by atoms with Gasteiger partial charge in [-0.1, -0.05) is 6.07 Å². The summed E-state index contributed by atoms with van der Waals surface area (Å²) in [6.07, 6.45) is 2.18. The van der Waals surface area contributed by atoms with Gasteiger partial charge in [0.05, 0.1) is 0 Å². The summed E-state index contributed by atoms with van der Waals surface area (Å²) in [4.78, 5) is 25.5. The first-order valence-corrected chi connectivity index (χ1v) is 4.30. The zero-order chi connectivity index (χ0) is 11.0. The molecule has 2 heterocycles. The second kappa shape index (κ2) is 3.20. The number of imidazole rings is 1. The fourth-order valence-electron chi connectivity index (χ4n) is 1.44. The highest BCUT2D eigenvalue weighted by Crippen LogP contribution is 2.12. The minimum atomic E-state index is -1.20. The number of aromatic nitrogens is 2. The standard InChI is InChI=1S/C10H8N2O3/c1-6-2-3-8-11-9(10(14)15)7(5-13)12(8)4-6/h2-5H,1H3,(H,14,15). The molecular formula is C10H8N2O3. The number of aromatic carboxylic acids is 1. The Morgan fingerprint density at radius 1 is 1.53 bits per heavy atom. The number of rotatable bonds is 2. The van der Waals surface area contributed by atoms with Crippen LogP contribution in [0.25, 0.3) is 5.65 Å². The topological polar surface area (TPSA) is 71.7 Å². The smallest absolute Gasteiger partial charge is 0.356 e. The number of carbonyl (C=O) groups excluding carboxylic acids is 1. The van der Waals surface area contributed by atoms with Crippen molar-refractivity contribution in [2.45, 2.75) is 6.92 Å². The van der Waals surface area contributed by atoms with E-state index in [4.69, 9.17) is 5.11 Å². The van der Waals surface area contributed by atoms with Crippen molar-refractivity contribution in [3.05, 3.63) is 35.3 Å². The molecule has 0 aromatic carbocycles. The van der Waals surface area contributed by atoms with Gasteiger partial charge in [-0.3, -0.25) is 9.20 Å². The van der Waals surface area contributed by atoms with Gasteiger partial charge in [0.2, 0.25) is 0 Å². The monoisotopic (exact) mass is 204 g/mol. The molecule has 0 atom stereocenters. The zero-order valence-electron chi connectivity index (χ0n) is 7.97. The third-order valence-corrected chi connectivity index (χ3v) is 2.12. The molecule has 0 aliphatic rings. The Morgan fingerprint density at radius 3 is 2.87 bits per heavy atom. The number of nitrogens with zero attached hydrogens (tertiary/aromatic N) is 2. The lowest BCUT2D eigenvalue weighted by Gasteiger charge is -1.96. The molecule has 0 spiro atoms. The number of pyridine rings is 1. The van der Waals surface area contributed by atoms with Crippen molar-refractivity contribution in [3.63, 3.8) is 0 Å². The number of fused-ring (bicyclic) bond motifs is 1. The van der Waals surface area contributed by atoms with E-state index in [0.717, 1.165) is 5.56 Å². The quantitative estimate of drug-likeness (QED) is 0.745. The minimum Gasteiger partial charge on any atom is -0.476 e. The molecule has 0 saturated carbocycles. The van der Waals surface area contributed by atoms with Crippen molar-refractivity contribution < 1.29 is 14.7 Å². The SMILES string of the molecule is Cc1ccc2nc(C(=O)O)c(C=O)n2c1. The van der Waals surface area contributed by atoms with Crippen LogP contribution in [0.2, 0.25) is 0 Å². The van der Waals surface area contributed by atoms with Crippen LogP contribution in [0, 0.1) is 6.92 Å². The van der Waals surface area contributed by atoms with Gasteiger partial charge in [-0.15, -0.1) is 0 Å². The molecule has 0 bridgehead atoms. The lowest BCUT2D eigenvalue weighted by molar-refractivity contribution is 0.0688. The molecule has 5 heteroatoms. The van der Waals surface area contributed by atoms with Crippen LogP contribution in [0.15, 0.2) is 18.3 Å². The Morgan fingerprint density at radius 2 is 2.27 bits per heavy atom. The summed E-state index contributed by atoms with van der Waals surface area (Å²) in [5, 5.41) is 8.83. The summed E-state index contributed by atoms with van der Waals surface area (Å²) in [5.41, 5.74) is 1.25. The number of hydrogen-bond acceptors (Lipinski definition) is 3. The highest BCUT2D eigenvalue weighted by atomic mass is 16.4. The van der Waals surface area contributed by atoms with E-state index < -0.39 is 5.97 Å². The first kappa shape index (κ1) is 9.39. The van der Waals surface area contributed by atoms with Gasteiger partial charge in [0.15, 0.2) is 12.0 Å². The Hall–Kier alpha value is -2.17. The lowest BCUT2D eigenvalue weighted by atomic mass is 10.3. The largest absolute Gasteiger partial charge is 0.476 e. The van der Waals surface area contributed by atoms with Gasteiger partial charge < -0.3 is 5.11 Å². The number of carboxylic acid groups (broad SMARTS) is 1. The maximum Gasteiger partial charge on any atom is 0.356 e. The Balaban J connectivity index is 2.85. The molecule has 2 aromatic rings. The minimum absolute atomic E-state index is 0.0706. The van der Waals surface area contributed by atoms with Gasteiger partial charge in [-0.05, 0) is 18.6 Å². The molecule has 0 radical (unpaired) electrons. The molecule has 76 valence electrons. The van der Waals surface area contributed by atoms with E-state index in [1.54, 1.807) is 12.3 Å². The van der Waals surface area contributed by atoms with Crippen LogP contribution in [0.5, 0.6) is 0 Å². The first-order valence-electron chi connectivity index (χ1n) is 4.30. The number of aryl methyl sites for hydroxylation is 1. The van der Waals surface area contributed by atoms with Crippen LogP contribution in [-0.2, 0) is 0 Å². The van der Waals surface area contributed by atoms with Crippen molar-refractivity contribution in [3.8, 4) is 0 Å². The summed E-state index contributed by atoms with van der Waals surface area (Å²) in [6, 6.07) is 3.48. The van der Waals surface area contributed by atoms with Gasteiger partial charge in [-0.2, -0.15) is 0 Å². The molecule has 2 aromatic heterocycles. The molecule has 0 unspecified atom stereocenters. The van der Waals surface area contributed by atoms with Crippen molar-refractivity contribution >= 4 is 17.9 Å². The third-order valence-electron chi connectivity index (χ3n) is 2.12. The van der Waals surface area contributed by atoms with Gasteiger partial charge in [-0.25, -0.2) is 9.78 Å².